The molecule has 118 valence electrons. The van der Waals surface area contributed by atoms with Crippen LogP contribution in [0.25, 0.3) is 0 Å². The topological polar surface area (TPSA) is 24.9 Å². The van der Waals surface area contributed by atoms with Crippen LogP contribution in [0.4, 0.5) is 0 Å². The Bertz CT molecular complexity index is 489. The zero-order valence-electron chi connectivity index (χ0n) is 14.0. The maximum absolute atomic E-state index is 5.09. The minimum Gasteiger partial charge on any atom is -0.302 e. The van der Waals surface area contributed by atoms with Crippen LogP contribution in [0.3, 0.4) is 0 Å². The molecule has 1 heterocycles. The Kier molecular flexibility index (Phi) is 4.42. The van der Waals surface area contributed by atoms with Gasteiger partial charge >= 0.3 is 0 Å². The molecular formula is C18H30N2S. The summed E-state index contributed by atoms with van der Waals surface area (Å²) in [6, 6.07) is 0.749. The van der Waals surface area contributed by atoms with Gasteiger partial charge in [-0.2, -0.15) is 0 Å². The molecule has 1 aromatic heterocycles. The van der Waals surface area contributed by atoms with Gasteiger partial charge in [0.15, 0.2) is 0 Å². The van der Waals surface area contributed by atoms with E-state index in [9.17, 15) is 0 Å². The molecule has 1 N–H and O–H groups in total. The lowest BCUT2D eigenvalue weighted by atomic mass is 9.68. The SMILES string of the molecule is CCc1nc(C2(NC3CC3)CCCCC2C(C)C)sc1C. The third-order valence-corrected chi connectivity index (χ3v) is 6.61. The van der Waals surface area contributed by atoms with Crippen LogP contribution in [0.1, 0.15) is 74.9 Å². The van der Waals surface area contributed by atoms with Crippen molar-refractivity contribution in [3.05, 3.63) is 15.6 Å². The van der Waals surface area contributed by atoms with Crippen LogP contribution in [0, 0.1) is 18.8 Å². The average Bonchev–Trinajstić information content (AvgIpc) is 3.18. The van der Waals surface area contributed by atoms with Gasteiger partial charge in [-0.1, -0.05) is 33.6 Å². The van der Waals surface area contributed by atoms with Crippen LogP contribution < -0.4 is 5.32 Å². The first-order chi connectivity index (χ1) is 10.1. The Balaban J connectivity index is 2.01. The van der Waals surface area contributed by atoms with Gasteiger partial charge in [-0.25, -0.2) is 4.98 Å². The monoisotopic (exact) mass is 306 g/mol. The van der Waals surface area contributed by atoms with E-state index in [4.69, 9.17) is 4.98 Å². The predicted molar refractivity (Wildman–Crippen MR) is 90.9 cm³/mol. The molecule has 3 rings (SSSR count). The van der Waals surface area contributed by atoms with Gasteiger partial charge in [-0.15, -0.1) is 11.3 Å². The van der Waals surface area contributed by atoms with E-state index in [2.05, 4.69) is 33.0 Å². The van der Waals surface area contributed by atoms with Gasteiger partial charge in [0.2, 0.25) is 0 Å². The van der Waals surface area contributed by atoms with E-state index in [0.29, 0.717) is 0 Å². The van der Waals surface area contributed by atoms with Gasteiger partial charge in [-0.3, -0.25) is 0 Å². The van der Waals surface area contributed by atoms with Crippen molar-refractivity contribution in [1.29, 1.82) is 0 Å². The molecule has 0 amide bonds. The number of hydrogen-bond acceptors (Lipinski definition) is 3. The number of rotatable bonds is 5. The highest BCUT2D eigenvalue weighted by molar-refractivity contribution is 7.11. The zero-order valence-corrected chi connectivity index (χ0v) is 14.9. The molecule has 0 aliphatic heterocycles. The van der Waals surface area contributed by atoms with Crippen molar-refractivity contribution in [2.75, 3.05) is 0 Å². The zero-order chi connectivity index (χ0) is 15.0. The maximum atomic E-state index is 5.09. The standard InChI is InChI=1S/C18H30N2S/c1-5-16-13(4)21-17(19-16)18(20-14-9-10-14)11-7-6-8-15(18)12(2)3/h12,14-15,20H,5-11H2,1-4H3. The Morgan fingerprint density at radius 1 is 1.29 bits per heavy atom. The van der Waals surface area contributed by atoms with E-state index in [1.807, 2.05) is 11.3 Å². The Labute approximate surface area is 133 Å². The van der Waals surface area contributed by atoms with Gasteiger partial charge in [0.05, 0.1) is 11.2 Å². The molecule has 0 bridgehead atoms. The van der Waals surface area contributed by atoms with Crippen LogP contribution in [0.5, 0.6) is 0 Å². The summed E-state index contributed by atoms with van der Waals surface area (Å²) in [5, 5.41) is 5.46. The van der Waals surface area contributed by atoms with Crippen LogP contribution in [-0.4, -0.2) is 11.0 Å². The lowest BCUT2D eigenvalue weighted by Crippen LogP contribution is -2.52. The van der Waals surface area contributed by atoms with Crippen molar-refractivity contribution in [2.24, 2.45) is 11.8 Å². The number of nitrogens with one attached hydrogen (secondary N) is 1. The summed E-state index contributed by atoms with van der Waals surface area (Å²) in [5.74, 6) is 1.47. The van der Waals surface area contributed by atoms with Gasteiger partial charge in [0.25, 0.3) is 0 Å². The summed E-state index contributed by atoms with van der Waals surface area (Å²) in [7, 11) is 0. The lowest BCUT2D eigenvalue weighted by molar-refractivity contribution is 0.0975. The fraction of sp³-hybridized carbons (Fsp3) is 0.833. The molecule has 2 fully saturated rings. The van der Waals surface area contributed by atoms with E-state index in [1.165, 1.54) is 54.1 Å². The molecule has 2 aliphatic rings. The van der Waals surface area contributed by atoms with Crippen LogP contribution in [0.2, 0.25) is 0 Å². The van der Waals surface area contributed by atoms with E-state index in [-0.39, 0.29) is 5.54 Å². The molecule has 2 saturated carbocycles. The summed E-state index contributed by atoms with van der Waals surface area (Å²) >= 11 is 1.96. The van der Waals surface area contributed by atoms with E-state index in [0.717, 1.165) is 24.3 Å². The third-order valence-electron chi connectivity index (χ3n) is 5.42. The number of nitrogens with zero attached hydrogens (tertiary/aromatic N) is 1. The van der Waals surface area contributed by atoms with Crippen LogP contribution in [-0.2, 0) is 12.0 Å². The van der Waals surface area contributed by atoms with E-state index in [1.54, 1.807) is 0 Å². The largest absolute Gasteiger partial charge is 0.302 e. The number of thiazole rings is 1. The van der Waals surface area contributed by atoms with Crippen molar-refractivity contribution in [3.8, 4) is 0 Å². The molecular weight excluding hydrogens is 276 g/mol. The summed E-state index contributed by atoms with van der Waals surface area (Å²) in [4.78, 5) is 6.52. The number of hydrogen-bond donors (Lipinski definition) is 1. The van der Waals surface area contributed by atoms with Crippen LogP contribution in [0.15, 0.2) is 0 Å². The maximum Gasteiger partial charge on any atom is 0.114 e. The van der Waals surface area contributed by atoms with Crippen molar-refractivity contribution < 1.29 is 0 Å². The summed E-state index contributed by atoms with van der Waals surface area (Å²) in [6.07, 6.45) is 9.16. The molecule has 1 aromatic rings. The first kappa shape index (κ1) is 15.5. The Morgan fingerprint density at radius 2 is 2.05 bits per heavy atom. The Morgan fingerprint density at radius 3 is 2.62 bits per heavy atom. The van der Waals surface area contributed by atoms with Gasteiger partial charge in [0.1, 0.15) is 5.01 Å². The highest BCUT2D eigenvalue weighted by Gasteiger charge is 2.48. The van der Waals surface area contributed by atoms with Crippen molar-refractivity contribution in [2.45, 2.75) is 84.2 Å². The summed E-state index contributed by atoms with van der Waals surface area (Å²) in [6.45, 7) is 9.28. The van der Waals surface area contributed by atoms with Crippen molar-refractivity contribution >= 4 is 11.3 Å². The minimum absolute atomic E-state index is 0.163. The fourth-order valence-corrected chi connectivity index (χ4v) is 5.40. The average molecular weight is 307 g/mol. The molecule has 2 unspecified atom stereocenters. The molecule has 2 nitrogen and oxygen atoms in total. The minimum atomic E-state index is 0.163. The molecule has 0 radical (unpaired) electrons. The first-order valence-corrected chi connectivity index (χ1v) is 9.63. The normalized spacial score (nSPS) is 30.0. The van der Waals surface area contributed by atoms with Crippen molar-refractivity contribution in [1.82, 2.24) is 10.3 Å². The first-order valence-electron chi connectivity index (χ1n) is 8.81. The molecule has 0 aromatic carbocycles. The van der Waals surface area contributed by atoms with Gasteiger partial charge in [-0.05, 0) is 50.9 Å². The third kappa shape index (κ3) is 2.92. The second kappa shape index (κ2) is 6.00. The lowest BCUT2D eigenvalue weighted by Gasteiger charge is -2.46. The van der Waals surface area contributed by atoms with Gasteiger partial charge in [0, 0.05) is 10.9 Å². The molecule has 0 saturated heterocycles. The molecule has 21 heavy (non-hydrogen) atoms. The van der Waals surface area contributed by atoms with E-state index >= 15 is 0 Å². The fourth-order valence-electron chi connectivity index (χ4n) is 4.15. The highest BCUT2D eigenvalue weighted by Crippen LogP contribution is 2.48. The molecule has 0 spiro atoms. The Hall–Kier alpha value is -0.410. The number of aryl methyl sites for hydroxylation is 2. The number of aromatic nitrogens is 1. The predicted octanol–water partition coefficient (Wildman–Crippen LogP) is 4.81. The second-order valence-electron chi connectivity index (χ2n) is 7.36. The van der Waals surface area contributed by atoms with Crippen molar-refractivity contribution in [3.63, 3.8) is 0 Å². The van der Waals surface area contributed by atoms with Crippen LogP contribution >= 0.6 is 11.3 Å². The molecule has 2 atom stereocenters. The smallest absolute Gasteiger partial charge is 0.114 e. The summed E-state index contributed by atoms with van der Waals surface area (Å²) < 4.78 is 0. The summed E-state index contributed by atoms with van der Waals surface area (Å²) in [5.41, 5.74) is 1.48. The quantitative estimate of drug-likeness (QED) is 0.844. The highest BCUT2D eigenvalue weighted by atomic mass is 32.1. The molecule has 2 aliphatic carbocycles. The van der Waals surface area contributed by atoms with Gasteiger partial charge < -0.3 is 5.32 Å². The van der Waals surface area contributed by atoms with E-state index < -0.39 is 0 Å². The second-order valence-corrected chi connectivity index (χ2v) is 8.56. The molecule has 3 heteroatoms.